The Morgan fingerprint density at radius 3 is 2.23 bits per heavy atom. The van der Waals surface area contributed by atoms with Gasteiger partial charge in [-0.05, 0) is 52.9 Å². The Bertz CT molecular complexity index is 1010. The van der Waals surface area contributed by atoms with Crippen molar-refractivity contribution in [3.8, 4) is 16.9 Å². The van der Waals surface area contributed by atoms with Gasteiger partial charge in [-0.1, -0.05) is 61.9 Å². The smallest absolute Gasteiger partial charge is 0.416 e. The van der Waals surface area contributed by atoms with Crippen LogP contribution in [0.3, 0.4) is 0 Å². The second kappa shape index (κ2) is 9.69. The van der Waals surface area contributed by atoms with Gasteiger partial charge in [0.1, 0.15) is 12.4 Å². The number of ether oxygens (including phenoxy) is 1. The van der Waals surface area contributed by atoms with E-state index in [2.05, 4.69) is 0 Å². The molecule has 0 amide bonds. The van der Waals surface area contributed by atoms with E-state index in [4.69, 9.17) is 4.74 Å². The number of alkyl halides is 3. The van der Waals surface area contributed by atoms with Crippen LogP contribution in [0.15, 0.2) is 72.8 Å². The van der Waals surface area contributed by atoms with E-state index in [-0.39, 0.29) is 0 Å². The molecule has 31 heavy (non-hydrogen) atoms. The topological polar surface area (TPSA) is 46.5 Å². The molecule has 3 aromatic rings. The molecule has 0 saturated heterocycles. The average molecular weight is 428 g/mol. The molecule has 3 rings (SSSR count). The van der Waals surface area contributed by atoms with Gasteiger partial charge in [0, 0.05) is 0 Å². The van der Waals surface area contributed by atoms with Crippen LogP contribution in [0.25, 0.3) is 11.1 Å². The number of carboxylic acids is 1. The van der Waals surface area contributed by atoms with Gasteiger partial charge < -0.3 is 9.84 Å². The zero-order valence-electron chi connectivity index (χ0n) is 17.0. The highest BCUT2D eigenvalue weighted by atomic mass is 19.4. The van der Waals surface area contributed by atoms with Crippen molar-refractivity contribution in [3.05, 3.63) is 89.5 Å². The molecule has 1 N–H and O–H groups in total. The largest absolute Gasteiger partial charge is 0.489 e. The third-order valence-electron chi connectivity index (χ3n) is 5.00. The zero-order valence-corrected chi connectivity index (χ0v) is 17.0. The molecule has 0 bridgehead atoms. The third kappa shape index (κ3) is 5.87. The molecule has 0 aliphatic heterocycles. The van der Waals surface area contributed by atoms with Crippen LogP contribution >= 0.6 is 0 Å². The fourth-order valence-electron chi connectivity index (χ4n) is 3.39. The summed E-state index contributed by atoms with van der Waals surface area (Å²) in [5.74, 6) is -1.20. The quantitative estimate of drug-likeness (QED) is 0.424. The van der Waals surface area contributed by atoms with Crippen LogP contribution in [-0.4, -0.2) is 11.1 Å². The van der Waals surface area contributed by atoms with E-state index in [1.54, 1.807) is 18.2 Å². The monoisotopic (exact) mass is 428 g/mol. The second-order valence-electron chi connectivity index (χ2n) is 7.32. The molecule has 1 atom stereocenters. The summed E-state index contributed by atoms with van der Waals surface area (Å²) in [6.45, 7) is 2.20. The van der Waals surface area contributed by atoms with Crippen molar-refractivity contribution in [1.29, 1.82) is 0 Å². The van der Waals surface area contributed by atoms with Crippen LogP contribution in [0.4, 0.5) is 13.2 Å². The maximum atomic E-state index is 12.9. The fraction of sp³-hybridized carbons (Fsp3) is 0.240. The molecule has 0 heterocycles. The van der Waals surface area contributed by atoms with Crippen molar-refractivity contribution >= 4 is 5.97 Å². The molecule has 0 aliphatic carbocycles. The Labute approximate surface area is 179 Å². The van der Waals surface area contributed by atoms with E-state index in [9.17, 15) is 23.1 Å². The number of rotatable bonds is 8. The zero-order chi connectivity index (χ0) is 22.4. The Balaban J connectivity index is 1.98. The van der Waals surface area contributed by atoms with Crippen LogP contribution in [0, 0.1) is 0 Å². The summed E-state index contributed by atoms with van der Waals surface area (Å²) in [6.07, 6.45) is -3.29. The molecule has 0 unspecified atom stereocenters. The molecule has 3 aromatic carbocycles. The van der Waals surface area contributed by atoms with Crippen molar-refractivity contribution in [1.82, 2.24) is 0 Å². The molecule has 0 fully saturated rings. The Kier molecular flexibility index (Phi) is 7.00. The molecule has 0 saturated carbocycles. The van der Waals surface area contributed by atoms with Crippen molar-refractivity contribution in [2.45, 2.75) is 38.5 Å². The molecule has 0 spiro atoms. The van der Waals surface area contributed by atoms with Gasteiger partial charge in [0.2, 0.25) is 0 Å². The van der Waals surface area contributed by atoms with E-state index in [1.807, 2.05) is 37.3 Å². The van der Waals surface area contributed by atoms with Gasteiger partial charge >= 0.3 is 12.1 Å². The van der Waals surface area contributed by atoms with Crippen LogP contribution < -0.4 is 4.74 Å². The maximum absolute atomic E-state index is 12.9. The van der Waals surface area contributed by atoms with E-state index < -0.39 is 23.6 Å². The van der Waals surface area contributed by atoms with Gasteiger partial charge in [-0.2, -0.15) is 13.2 Å². The Hall–Kier alpha value is -3.28. The molecular formula is C25H23F3O3. The summed E-state index contributed by atoms with van der Waals surface area (Å²) in [7, 11) is 0. The van der Waals surface area contributed by atoms with Gasteiger partial charge in [-0.3, -0.25) is 4.79 Å². The molecule has 162 valence electrons. The molecule has 6 heteroatoms. The number of aliphatic carboxylic acids is 1. The normalized spacial score (nSPS) is 12.4. The molecule has 0 aliphatic rings. The minimum absolute atomic E-state index is 0.294. The van der Waals surface area contributed by atoms with Gasteiger partial charge in [-0.15, -0.1) is 0 Å². The first-order valence-electron chi connectivity index (χ1n) is 10.00. The highest BCUT2D eigenvalue weighted by Crippen LogP contribution is 2.34. The minimum Gasteiger partial charge on any atom is -0.489 e. The van der Waals surface area contributed by atoms with E-state index >= 15 is 0 Å². The number of benzene rings is 3. The molecular weight excluding hydrogens is 405 g/mol. The molecule has 3 nitrogen and oxygen atoms in total. The predicted octanol–water partition coefficient (Wildman–Crippen LogP) is 6.92. The second-order valence-corrected chi connectivity index (χ2v) is 7.32. The predicted molar refractivity (Wildman–Crippen MR) is 113 cm³/mol. The summed E-state index contributed by atoms with van der Waals surface area (Å²) < 4.78 is 44.6. The summed E-state index contributed by atoms with van der Waals surface area (Å²) in [5.41, 5.74) is 1.95. The van der Waals surface area contributed by atoms with Crippen molar-refractivity contribution in [2.24, 2.45) is 0 Å². The minimum atomic E-state index is -4.42. The summed E-state index contributed by atoms with van der Waals surface area (Å²) in [4.78, 5) is 11.8. The highest BCUT2D eigenvalue weighted by molar-refractivity contribution is 5.78. The first-order chi connectivity index (χ1) is 14.8. The van der Waals surface area contributed by atoms with E-state index in [1.165, 1.54) is 12.1 Å². The van der Waals surface area contributed by atoms with Gasteiger partial charge in [-0.25, -0.2) is 0 Å². The lowest BCUT2D eigenvalue weighted by molar-refractivity contribution is -0.139. The van der Waals surface area contributed by atoms with Crippen molar-refractivity contribution in [3.63, 3.8) is 0 Å². The fourth-order valence-corrected chi connectivity index (χ4v) is 3.39. The Morgan fingerprint density at radius 2 is 1.65 bits per heavy atom. The van der Waals surface area contributed by atoms with Crippen LogP contribution in [0.5, 0.6) is 5.75 Å². The van der Waals surface area contributed by atoms with Gasteiger partial charge in [0.05, 0.1) is 11.5 Å². The SMILES string of the molecule is CCC[C@@H](C(=O)O)c1cc(OCc2ccccc2)cc(-c2ccc(C(F)(F)F)cc2)c1. The van der Waals surface area contributed by atoms with Crippen LogP contribution in [0.1, 0.15) is 42.4 Å². The number of hydrogen-bond donors (Lipinski definition) is 1. The lowest BCUT2D eigenvalue weighted by atomic mass is 9.91. The van der Waals surface area contributed by atoms with Crippen molar-refractivity contribution < 1.29 is 27.8 Å². The average Bonchev–Trinajstić information content (AvgIpc) is 2.76. The number of halogens is 3. The van der Waals surface area contributed by atoms with Crippen LogP contribution in [-0.2, 0) is 17.6 Å². The lowest BCUT2D eigenvalue weighted by Gasteiger charge is -2.16. The van der Waals surface area contributed by atoms with Crippen LogP contribution in [0.2, 0.25) is 0 Å². The highest BCUT2D eigenvalue weighted by Gasteiger charge is 2.30. The number of carbonyl (C=O) groups is 1. The summed E-state index contributed by atoms with van der Waals surface area (Å²) in [5, 5.41) is 9.68. The first-order valence-corrected chi connectivity index (χ1v) is 10.00. The first kappa shape index (κ1) is 22.4. The summed E-state index contributed by atoms with van der Waals surface area (Å²) >= 11 is 0. The van der Waals surface area contributed by atoms with Gasteiger partial charge in [0.15, 0.2) is 0 Å². The molecule has 0 radical (unpaired) electrons. The van der Waals surface area contributed by atoms with E-state index in [0.29, 0.717) is 41.9 Å². The standard InChI is InChI=1S/C25H23F3O3/c1-2-6-23(24(29)30)20-13-19(18-9-11-21(12-10-18)25(26,27)28)14-22(15-20)31-16-17-7-4-3-5-8-17/h3-5,7-15,23H,2,6,16H2,1H3,(H,29,30)/t23-/m1/s1. The lowest BCUT2D eigenvalue weighted by Crippen LogP contribution is -2.12. The third-order valence-corrected chi connectivity index (χ3v) is 5.00. The maximum Gasteiger partial charge on any atom is 0.416 e. The number of hydrogen-bond acceptors (Lipinski definition) is 2. The van der Waals surface area contributed by atoms with E-state index in [0.717, 1.165) is 17.7 Å². The number of carboxylic acid groups (broad SMARTS) is 1. The van der Waals surface area contributed by atoms with Gasteiger partial charge in [0.25, 0.3) is 0 Å². The Morgan fingerprint density at radius 1 is 0.968 bits per heavy atom. The van der Waals surface area contributed by atoms with Crippen molar-refractivity contribution in [2.75, 3.05) is 0 Å². The molecule has 0 aromatic heterocycles. The summed E-state index contributed by atoms with van der Waals surface area (Å²) in [6, 6.07) is 19.5.